The first-order valence-electron chi connectivity index (χ1n) is 7.61. The molecule has 6 heteroatoms. The van der Waals surface area contributed by atoms with E-state index in [0.29, 0.717) is 28.0 Å². The van der Waals surface area contributed by atoms with Crippen molar-refractivity contribution in [1.29, 1.82) is 0 Å². The number of ether oxygens (including phenoxy) is 1. The molecule has 0 unspecified atom stereocenters. The summed E-state index contributed by atoms with van der Waals surface area (Å²) in [5.74, 6) is -0.0829. The van der Waals surface area contributed by atoms with Crippen LogP contribution in [0.1, 0.15) is 39.6 Å². The van der Waals surface area contributed by atoms with Gasteiger partial charge in [-0.15, -0.1) is 0 Å². The number of hydrazine groups is 1. The molecule has 0 radical (unpaired) electrons. The summed E-state index contributed by atoms with van der Waals surface area (Å²) in [6.07, 6.45) is 0.902. The van der Waals surface area contributed by atoms with Crippen LogP contribution in [0, 0.1) is 6.92 Å². The van der Waals surface area contributed by atoms with E-state index in [9.17, 15) is 9.59 Å². The van der Waals surface area contributed by atoms with E-state index in [1.54, 1.807) is 30.3 Å². The van der Waals surface area contributed by atoms with Gasteiger partial charge in [-0.3, -0.25) is 20.4 Å². The van der Waals surface area contributed by atoms with E-state index in [0.717, 1.165) is 12.0 Å². The number of halogens is 1. The van der Waals surface area contributed by atoms with Crippen LogP contribution in [0.25, 0.3) is 0 Å². The molecule has 0 atom stereocenters. The first-order valence-corrected chi connectivity index (χ1v) is 8.41. The first kappa shape index (κ1) is 18.0. The van der Waals surface area contributed by atoms with Crippen LogP contribution < -0.4 is 15.6 Å². The molecule has 0 spiro atoms. The van der Waals surface area contributed by atoms with E-state index in [1.165, 1.54) is 0 Å². The van der Waals surface area contributed by atoms with Crippen LogP contribution in [0.4, 0.5) is 0 Å². The summed E-state index contributed by atoms with van der Waals surface area (Å²) in [7, 11) is 0. The number of aryl methyl sites for hydroxylation is 1. The molecule has 0 fully saturated rings. The Morgan fingerprint density at radius 2 is 1.79 bits per heavy atom. The average molecular weight is 391 g/mol. The highest BCUT2D eigenvalue weighted by molar-refractivity contribution is 9.10. The maximum atomic E-state index is 12.2. The second kappa shape index (κ2) is 8.49. The molecule has 0 heterocycles. The lowest BCUT2D eigenvalue weighted by atomic mass is 10.1. The van der Waals surface area contributed by atoms with Crippen LogP contribution in [-0.2, 0) is 0 Å². The van der Waals surface area contributed by atoms with E-state index in [2.05, 4.69) is 26.8 Å². The van der Waals surface area contributed by atoms with E-state index in [1.807, 2.05) is 26.0 Å². The van der Waals surface area contributed by atoms with Crippen LogP contribution in [0.15, 0.2) is 46.9 Å². The van der Waals surface area contributed by atoms with Gasteiger partial charge >= 0.3 is 0 Å². The van der Waals surface area contributed by atoms with Gasteiger partial charge in [0.2, 0.25) is 0 Å². The van der Waals surface area contributed by atoms with Crippen molar-refractivity contribution in [2.75, 3.05) is 6.61 Å². The third-order valence-electron chi connectivity index (χ3n) is 3.34. The summed E-state index contributed by atoms with van der Waals surface area (Å²) in [6.45, 7) is 4.46. The highest BCUT2D eigenvalue weighted by Crippen LogP contribution is 2.26. The van der Waals surface area contributed by atoms with Gasteiger partial charge in [-0.25, -0.2) is 0 Å². The number of rotatable bonds is 5. The number of hydrogen-bond acceptors (Lipinski definition) is 3. The van der Waals surface area contributed by atoms with Crippen LogP contribution in [0.5, 0.6) is 5.75 Å². The number of carbonyl (C=O) groups excluding carboxylic acids is 2. The predicted molar refractivity (Wildman–Crippen MR) is 96.0 cm³/mol. The van der Waals surface area contributed by atoms with Crippen molar-refractivity contribution in [3.8, 4) is 5.75 Å². The van der Waals surface area contributed by atoms with Crippen molar-refractivity contribution in [2.24, 2.45) is 0 Å². The summed E-state index contributed by atoms with van der Waals surface area (Å²) in [4.78, 5) is 24.2. The molecule has 2 aromatic carbocycles. The van der Waals surface area contributed by atoms with Crippen molar-refractivity contribution < 1.29 is 14.3 Å². The van der Waals surface area contributed by atoms with E-state index < -0.39 is 5.91 Å². The molecule has 0 saturated heterocycles. The van der Waals surface area contributed by atoms with Gasteiger partial charge in [0.15, 0.2) is 0 Å². The van der Waals surface area contributed by atoms with Gasteiger partial charge in [0.05, 0.1) is 11.1 Å². The van der Waals surface area contributed by atoms with Crippen LogP contribution in [-0.4, -0.2) is 18.4 Å². The fourth-order valence-electron chi connectivity index (χ4n) is 2.05. The van der Waals surface area contributed by atoms with Crippen molar-refractivity contribution in [1.82, 2.24) is 10.9 Å². The Bertz CT molecular complexity index is 747. The SMILES string of the molecule is CCCOc1ccc(C(=O)NNC(=O)c2ccccc2C)cc1Br. The molecule has 0 aliphatic carbocycles. The zero-order valence-corrected chi connectivity index (χ0v) is 15.1. The smallest absolute Gasteiger partial charge is 0.269 e. The lowest BCUT2D eigenvalue weighted by molar-refractivity contribution is 0.0846. The summed E-state index contributed by atoms with van der Waals surface area (Å²) < 4.78 is 6.23. The zero-order valence-electron chi connectivity index (χ0n) is 13.6. The molecule has 2 aromatic rings. The standard InChI is InChI=1S/C18H19BrN2O3/c1-3-10-24-16-9-8-13(11-15(16)19)17(22)20-21-18(23)14-7-5-4-6-12(14)2/h4-9,11H,3,10H2,1-2H3,(H,20,22)(H,21,23). The Hall–Kier alpha value is -2.34. The predicted octanol–water partition coefficient (Wildman–Crippen LogP) is 3.62. The van der Waals surface area contributed by atoms with Gasteiger partial charge in [0.25, 0.3) is 11.8 Å². The van der Waals surface area contributed by atoms with Gasteiger partial charge in [-0.1, -0.05) is 25.1 Å². The minimum absolute atomic E-state index is 0.358. The molecular formula is C18H19BrN2O3. The summed E-state index contributed by atoms with van der Waals surface area (Å²) in [5.41, 5.74) is 6.60. The largest absolute Gasteiger partial charge is 0.492 e. The lowest BCUT2D eigenvalue weighted by Gasteiger charge is -2.11. The highest BCUT2D eigenvalue weighted by Gasteiger charge is 2.12. The Morgan fingerprint density at radius 3 is 2.46 bits per heavy atom. The van der Waals surface area contributed by atoms with Gasteiger partial charge in [0, 0.05) is 11.1 Å². The third-order valence-corrected chi connectivity index (χ3v) is 3.95. The molecule has 0 aliphatic rings. The molecule has 0 bridgehead atoms. The van der Waals surface area contributed by atoms with E-state index in [4.69, 9.17) is 4.74 Å². The van der Waals surface area contributed by atoms with Gasteiger partial charge < -0.3 is 4.74 Å². The van der Waals surface area contributed by atoms with Crippen molar-refractivity contribution >= 4 is 27.7 Å². The fraction of sp³-hybridized carbons (Fsp3) is 0.222. The summed E-state index contributed by atoms with van der Waals surface area (Å²) in [5, 5.41) is 0. The molecule has 2 rings (SSSR count). The lowest BCUT2D eigenvalue weighted by Crippen LogP contribution is -2.41. The van der Waals surface area contributed by atoms with Crippen LogP contribution in [0.3, 0.4) is 0 Å². The molecule has 126 valence electrons. The van der Waals surface area contributed by atoms with Gasteiger partial charge in [-0.2, -0.15) is 0 Å². The number of benzene rings is 2. The Balaban J connectivity index is 1.99. The normalized spacial score (nSPS) is 10.1. The average Bonchev–Trinajstić information content (AvgIpc) is 2.58. The quantitative estimate of drug-likeness (QED) is 0.766. The Labute approximate surface area is 149 Å². The van der Waals surface area contributed by atoms with Crippen molar-refractivity contribution in [2.45, 2.75) is 20.3 Å². The zero-order chi connectivity index (χ0) is 17.5. The second-order valence-corrected chi connectivity index (χ2v) is 6.07. The molecule has 5 nitrogen and oxygen atoms in total. The molecule has 0 aliphatic heterocycles. The van der Waals surface area contributed by atoms with Crippen LogP contribution >= 0.6 is 15.9 Å². The van der Waals surface area contributed by atoms with Gasteiger partial charge in [-0.05, 0) is 59.1 Å². The Kier molecular flexibility index (Phi) is 6.37. The van der Waals surface area contributed by atoms with Crippen molar-refractivity contribution in [3.63, 3.8) is 0 Å². The minimum atomic E-state index is -0.403. The summed E-state index contributed by atoms with van der Waals surface area (Å²) >= 11 is 3.38. The highest BCUT2D eigenvalue weighted by atomic mass is 79.9. The maximum absolute atomic E-state index is 12.2. The first-order chi connectivity index (χ1) is 11.5. The molecular weight excluding hydrogens is 372 g/mol. The topological polar surface area (TPSA) is 67.4 Å². The number of hydrogen-bond donors (Lipinski definition) is 2. The Morgan fingerprint density at radius 1 is 1.08 bits per heavy atom. The van der Waals surface area contributed by atoms with Crippen LogP contribution in [0.2, 0.25) is 0 Å². The maximum Gasteiger partial charge on any atom is 0.269 e. The molecule has 24 heavy (non-hydrogen) atoms. The molecule has 2 amide bonds. The number of carbonyl (C=O) groups is 2. The van der Waals surface area contributed by atoms with Crippen molar-refractivity contribution in [3.05, 3.63) is 63.6 Å². The minimum Gasteiger partial charge on any atom is -0.492 e. The molecule has 0 aromatic heterocycles. The summed E-state index contributed by atoms with van der Waals surface area (Å²) in [6, 6.07) is 12.2. The monoisotopic (exact) mass is 390 g/mol. The number of nitrogens with one attached hydrogen (secondary N) is 2. The van der Waals surface area contributed by atoms with E-state index >= 15 is 0 Å². The number of amides is 2. The second-order valence-electron chi connectivity index (χ2n) is 5.22. The third kappa shape index (κ3) is 4.58. The fourth-order valence-corrected chi connectivity index (χ4v) is 2.55. The molecule has 0 saturated carbocycles. The van der Waals surface area contributed by atoms with Gasteiger partial charge in [0.1, 0.15) is 5.75 Å². The molecule has 2 N–H and O–H groups in total. The van der Waals surface area contributed by atoms with E-state index in [-0.39, 0.29) is 5.91 Å².